The summed E-state index contributed by atoms with van der Waals surface area (Å²) in [6, 6.07) is 20.7. The molecule has 0 heterocycles. The fourth-order valence-electron chi connectivity index (χ4n) is 3.78. The Morgan fingerprint density at radius 2 is 1.44 bits per heavy atom. The molecule has 0 bridgehead atoms. The predicted molar refractivity (Wildman–Crippen MR) is 129 cm³/mol. The van der Waals surface area contributed by atoms with Gasteiger partial charge in [-0.2, -0.15) is 0 Å². The third kappa shape index (κ3) is 6.98. The zero-order valence-corrected chi connectivity index (χ0v) is 19.3. The number of amides is 2. The van der Waals surface area contributed by atoms with Gasteiger partial charge in [0.05, 0.1) is 6.42 Å². The maximum absolute atomic E-state index is 14.5. The number of hydrogen-bond acceptors (Lipinski definition) is 2. The highest BCUT2D eigenvalue weighted by Gasteiger charge is 2.31. The van der Waals surface area contributed by atoms with Gasteiger partial charge in [0.15, 0.2) is 0 Å². The van der Waals surface area contributed by atoms with Gasteiger partial charge in [-0.05, 0) is 29.7 Å². The molecule has 178 valence electrons. The number of rotatable bonds is 11. The summed E-state index contributed by atoms with van der Waals surface area (Å²) in [6.45, 7) is 2.41. The van der Waals surface area contributed by atoms with Crippen LogP contribution in [-0.4, -0.2) is 29.3 Å². The summed E-state index contributed by atoms with van der Waals surface area (Å²) in [4.78, 5) is 28.2. The number of nitrogens with one attached hydrogen (secondary N) is 1. The van der Waals surface area contributed by atoms with Crippen LogP contribution in [0.15, 0.2) is 78.9 Å². The van der Waals surface area contributed by atoms with E-state index in [0.717, 1.165) is 18.4 Å². The van der Waals surface area contributed by atoms with Crippen molar-refractivity contribution in [1.29, 1.82) is 0 Å². The summed E-state index contributed by atoms with van der Waals surface area (Å²) >= 11 is 0. The molecule has 34 heavy (non-hydrogen) atoms. The third-order valence-corrected chi connectivity index (χ3v) is 5.70. The number of unbranched alkanes of at least 4 members (excludes halogenated alkanes) is 1. The van der Waals surface area contributed by atoms with Crippen LogP contribution in [0.3, 0.4) is 0 Å². The van der Waals surface area contributed by atoms with E-state index in [4.69, 9.17) is 0 Å². The minimum Gasteiger partial charge on any atom is -0.354 e. The van der Waals surface area contributed by atoms with Crippen molar-refractivity contribution >= 4 is 11.8 Å². The Hall–Kier alpha value is -3.54. The van der Waals surface area contributed by atoms with E-state index in [-0.39, 0.29) is 30.9 Å². The third-order valence-electron chi connectivity index (χ3n) is 5.70. The van der Waals surface area contributed by atoms with Gasteiger partial charge in [-0.1, -0.05) is 80.1 Å². The van der Waals surface area contributed by atoms with Crippen molar-refractivity contribution < 1.29 is 18.4 Å². The zero-order chi connectivity index (χ0) is 24.3. The van der Waals surface area contributed by atoms with E-state index in [2.05, 4.69) is 5.32 Å². The molecule has 0 spiro atoms. The van der Waals surface area contributed by atoms with E-state index in [1.165, 1.54) is 17.0 Å². The number of nitrogens with zero attached hydrogens (tertiary/aromatic N) is 1. The van der Waals surface area contributed by atoms with Crippen molar-refractivity contribution in [3.05, 3.63) is 107 Å². The highest BCUT2D eigenvalue weighted by Crippen LogP contribution is 2.19. The number of carbonyl (C=O) groups excluding carboxylic acids is 2. The Morgan fingerprint density at radius 3 is 2.06 bits per heavy atom. The number of carbonyl (C=O) groups is 2. The van der Waals surface area contributed by atoms with Gasteiger partial charge in [0.2, 0.25) is 11.8 Å². The van der Waals surface area contributed by atoms with Gasteiger partial charge in [-0.15, -0.1) is 0 Å². The highest BCUT2D eigenvalue weighted by molar-refractivity contribution is 5.88. The van der Waals surface area contributed by atoms with Crippen LogP contribution in [0.4, 0.5) is 8.78 Å². The van der Waals surface area contributed by atoms with Crippen LogP contribution < -0.4 is 5.32 Å². The van der Waals surface area contributed by atoms with E-state index < -0.39 is 23.6 Å². The largest absolute Gasteiger partial charge is 0.354 e. The number of hydrogen-bond donors (Lipinski definition) is 1. The van der Waals surface area contributed by atoms with Crippen molar-refractivity contribution in [1.82, 2.24) is 10.2 Å². The molecule has 0 aliphatic heterocycles. The van der Waals surface area contributed by atoms with Crippen LogP contribution in [0, 0.1) is 11.6 Å². The fourth-order valence-corrected chi connectivity index (χ4v) is 3.78. The summed E-state index contributed by atoms with van der Waals surface area (Å²) in [5.41, 5.74) is 1.40. The normalized spacial score (nSPS) is 11.6. The molecular formula is C28H30F2N2O2. The standard InChI is InChI=1S/C28H30F2N2O2/c1-2-3-17-31-28(34)26(18-21-11-5-4-6-12-21)32(20-23-14-8-10-16-25(23)30)27(33)19-22-13-7-9-15-24(22)29/h4-16,26H,2-3,17-20H2,1H3,(H,31,34)/t26-/m1/s1. The van der Waals surface area contributed by atoms with Gasteiger partial charge in [-0.25, -0.2) is 8.78 Å². The lowest BCUT2D eigenvalue weighted by atomic mass is 10.0. The van der Waals surface area contributed by atoms with Crippen LogP contribution in [0.25, 0.3) is 0 Å². The summed E-state index contributed by atoms with van der Waals surface area (Å²) in [5, 5.41) is 2.91. The molecule has 3 aromatic carbocycles. The van der Waals surface area contributed by atoms with E-state index in [9.17, 15) is 18.4 Å². The topological polar surface area (TPSA) is 49.4 Å². The van der Waals surface area contributed by atoms with E-state index >= 15 is 0 Å². The van der Waals surface area contributed by atoms with Gasteiger partial charge in [0.25, 0.3) is 0 Å². The summed E-state index contributed by atoms with van der Waals surface area (Å²) < 4.78 is 28.9. The van der Waals surface area contributed by atoms with Crippen molar-refractivity contribution in [2.75, 3.05) is 6.54 Å². The molecule has 0 fully saturated rings. The van der Waals surface area contributed by atoms with Crippen molar-refractivity contribution in [3.8, 4) is 0 Å². The van der Waals surface area contributed by atoms with Gasteiger partial charge in [0, 0.05) is 25.1 Å². The van der Waals surface area contributed by atoms with E-state index in [1.807, 2.05) is 37.3 Å². The van der Waals surface area contributed by atoms with Crippen LogP contribution in [-0.2, 0) is 29.0 Å². The van der Waals surface area contributed by atoms with Crippen molar-refractivity contribution in [3.63, 3.8) is 0 Å². The summed E-state index contributed by atoms with van der Waals surface area (Å²) in [6.07, 6.45) is 1.75. The molecule has 1 atom stereocenters. The Labute approximate surface area is 199 Å². The molecule has 1 N–H and O–H groups in total. The molecule has 3 aromatic rings. The average molecular weight is 465 g/mol. The van der Waals surface area contributed by atoms with Crippen LogP contribution in [0.1, 0.15) is 36.5 Å². The second-order valence-corrected chi connectivity index (χ2v) is 8.23. The predicted octanol–water partition coefficient (Wildman–Crippen LogP) is 5.06. The maximum atomic E-state index is 14.5. The van der Waals surface area contributed by atoms with E-state index in [1.54, 1.807) is 36.4 Å². The molecule has 0 aliphatic rings. The Kier molecular flexibility index (Phi) is 9.32. The van der Waals surface area contributed by atoms with Gasteiger partial charge >= 0.3 is 0 Å². The van der Waals surface area contributed by atoms with Crippen molar-refractivity contribution in [2.45, 2.75) is 45.2 Å². The molecule has 0 aliphatic carbocycles. The molecule has 0 saturated heterocycles. The molecule has 2 amide bonds. The smallest absolute Gasteiger partial charge is 0.243 e. The Balaban J connectivity index is 1.96. The first-order valence-corrected chi connectivity index (χ1v) is 11.6. The number of benzene rings is 3. The molecule has 0 unspecified atom stereocenters. The quantitative estimate of drug-likeness (QED) is 0.403. The summed E-state index contributed by atoms with van der Waals surface area (Å²) in [7, 11) is 0. The number of halogens is 2. The Morgan fingerprint density at radius 1 is 0.853 bits per heavy atom. The first-order chi connectivity index (χ1) is 16.5. The second kappa shape index (κ2) is 12.6. The zero-order valence-electron chi connectivity index (χ0n) is 19.3. The Bertz CT molecular complexity index is 1090. The average Bonchev–Trinajstić information content (AvgIpc) is 2.84. The highest BCUT2D eigenvalue weighted by atomic mass is 19.1. The summed E-state index contributed by atoms with van der Waals surface area (Å²) in [5.74, 6) is -1.71. The lowest BCUT2D eigenvalue weighted by molar-refractivity contribution is -0.140. The van der Waals surface area contributed by atoms with Crippen LogP contribution in [0.2, 0.25) is 0 Å². The van der Waals surface area contributed by atoms with E-state index in [0.29, 0.717) is 12.1 Å². The molecule has 0 radical (unpaired) electrons. The monoisotopic (exact) mass is 464 g/mol. The van der Waals surface area contributed by atoms with Gasteiger partial charge < -0.3 is 10.2 Å². The minimum absolute atomic E-state index is 0.0986. The fraction of sp³-hybridized carbons (Fsp3) is 0.286. The molecular weight excluding hydrogens is 434 g/mol. The first kappa shape index (κ1) is 25.1. The first-order valence-electron chi connectivity index (χ1n) is 11.6. The second-order valence-electron chi connectivity index (χ2n) is 8.23. The molecule has 0 saturated carbocycles. The SMILES string of the molecule is CCCCNC(=O)[C@@H](Cc1ccccc1)N(Cc1ccccc1F)C(=O)Cc1ccccc1F. The minimum atomic E-state index is -0.877. The van der Waals surface area contributed by atoms with Gasteiger partial charge in [0.1, 0.15) is 17.7 Å². The molecule has 4 nitrogen and oxygen atoms in total. The molecule has 3 rings (SSSR count). The lowest BCUT2D eigenvalue weighted by Gasteiger charge is -2.32. The molecule has 0 aromatic heterocycles. The maximum Gasteiger partial charge on any atom is 0.243 e. The van der Waals surface area contributed by atoms with Crippen LogP contribution in [0.5, 0.6) is 0 Å². The molecule has 6 heteroatoms. The van der Waals surface area contributed by atoms with Crippen LogP contribution >= 0.6 is 0 Å². The lowest BCUT2D eigenvalue weighted by Crippen LogP contribution is -2.51. The van der Waals surface area contributed by atoms with Gasteiger partial charge in [-0.3, -0.25) is 9.59 Å². The van der Waals surface area contributed by atoms with Crippen molar-refractivity contribution in [2.24, 2.45) is 0 Å².